The first kappa shape index (κ1) is 21.2. The van der Waals surface area contributed by atoms with E-state index in [1.165, 1.54) is 12.7 Å². The molecule has 2 rings (SSSR count). The van der Waals surface area contributed by atoms with Crippen molar-refractivity contribution in [1.82, 2.24) is 5.32 Å². The van der Waals surface area contributed by atoms with Gasteiger partial charge in [-0.1, -0.05) is 55.8 Å². The Balaban J connectivity index is 2.00. The summed E-state index contributed by atoms with van der Waals surface area (Å²) in [5.74, 6) is -0.424. The van der Waals surface area contributed by atoms with Crippen LogP contribution < -0.4 is 10.6 Å². The number of methoxy groups -OCH3 is 1. The molecule has 2 N–H and O–H groups in total. The van der Waals surface area contributed by atoms with Crippen LogP contribution in [0, 0.1) is 0 Å². The highest BCUT2D eigenvalue weighted by Gasteiger charge is 2.23. The Morgan fingerprint density at radius 2 is 1.89 bits per heavy atom. The van der Waals surface area contributed by atoms with Gasteiger partial charge in [0.05, 0.1) is 23.4 Å². The SMILES string of the molecule is COC(=O)c1ccc(Cl)c(NC(=S)NC(C)CC(C)(C)c2ccccc2)c1. The molecule has 6 heteroatoms. The van der Waals surface area contributed by atoms with Crippen LogP contribution >= 0.6 is 23.8 Å². The molecule has 27 heavy (non-hydrogen) atoms. The highest BCUT2D eigenvalue weighted by molar-refractivity contribution is 7.80. The minimum atomic E-state index is -0.424. The predicted molar refractivity (Wildman–Crippen MR) is 116 cm³/mol. The molecule has 0 amide bonds. The van der Waals surface area contributed by atoms with Crippen LogP contribution in [-0.2, 0) is 10.2 Å². The van der Waals surface area contributed by atoms with Crippen LogP contribution in [0.3, 0.4) is 0 Å². The number of anilines is 1. The lowest BCUT2D eigenvalue weighted by Crippen LogP contribution is -2.39. The maximum atomic E-state index is 11.7. The number of hydrogen-bond acceptors (Lipinski definition) is 3. The van der Waals surface area contributed by atoms with Crippen molar-refractivity contribution in [2.24, 2.45) is 0 Å². The highest BCUT2D eigenvalue weighted by Crippen LogP contribution is 2.28. The highest BCUT2D eigenvalue weighted by atomic mass is 35.5. The van der Waals surface area contributed by atoms with Gasteiger partial charge in [0.1, 0.15) is 0 Å². The monoisotopic (exact) mass is 404 g/mol. The number of esters is 1. The zero-order valence-electron chi connectivity index (χ0n) is 16.0. The van der Waals surface area contributed by atoms with E-state index in [1.54, 1.807) is 18.2 Å². The topological polar surface area (TPSA) is 50.4 Å². The van der Waals surface area contributed by atoms with Crippen molar-refractivity contribution in [3.05, 3.63) is 64.7 Å². The molecule has 144 valence electrons. The van der Waals surface area contributed by atoms with Gasteiger partial charge >= 0.3 is 5.97 Å². The number of carbonyl (C=O) groups excluding carboxylic acids is 1. The van der Waals surface area contributed by atoms with Gasteiger partial charge in [0.15, 0.2) is 5.11 Å². The maximum Gasteiger partial charge on any atom is 0.337 e. The van der Waals surface area contributed by atoms with Gasteiger partial charge in [-0.05, 0) is 54.7 Å². The molecule has 0 heterocycles. The Bertz CT molecular complexity index is 809. The molecule has 0 aromatic heterocycles. The summed E-state index contributed by atoms with van der Waals surface area (Å²) in [6.07, 6.45) is 0.898. The van der Waals surface area contributed by atoms with E-state index in [0.717, 1.165) is 6.42 Å². The van der Waals surface area contributed by atoms with Gasteiger partial charge < -0.3 is 15.4 Å². The van der Waals surface area contributed by atoms with Crippen LogP contribution in [0.2, 0.25) is 5.02 Å². The Labute approximate surface area is 171 Å². The summed E-state index contributed by atoms with van der Waals surface area (Å²) >= 11 is 11.6. The fourth-order valence-electron chi connectivity index (χ4n) is 3.07. The molecule has 0 bridgehead atoms. The molecule has 0 aliphatic rings. The lowest BCUT2D eigenvalue weighted by molar-refractivity contribution is 0.0601. The number of carbonyl (C=O) groups is 1. The molecule has 0 saturated heterocycles. The number of halogens is 1. The van der Waals surface area contributed by atoms with Crippen LogP contribution in [0.1, 0.15) is 43.1 Å². The third-order valence-corrected chi connectivity index (χ3v) is 4.93. The fourth-order valence-corrected chi connectivity index (χ4v) is 3.55. The normalized spacial score (nSPS) is 12.2. The molecular weight excluding hydrogens is 380 g/mol. The Morgan fingerprint density at radius 3 is 2.52 bits per heavy atom. The number of rotatable bonds is 6. The lowest BCUT2D eigenvalue weighted by atomic mass is 9.79. The first-order valence-electron chi connectivity index (χ1n) is 8.74. The standard InChI is InChI=1S/C21H25ClN2O2S/c1-14(13-21(2,3)16-8-6-5-7-9-16)23-20(27)24-18-12-15(19(25)26-4)10-11-17(18)22/h5-12,14H,13H2,1-4H3,(H2,23,24,27). The van der Waals surface area contributed by atoms with Crippen molar-refractivity contribution < 1.29 is 9.53 Å². The summed E-state index contributed by atoms with van der Waals surface area (Å²) in [6.45, 7) is 6.52. The molecule has 0 fully saturated rings. The quantitative estimate of drug-likeness (QED) is 0.513. The number of hydrogen-bond donors (Lipinski definition) is 2. The Kier molecular flexibility index (Phi) is 7.22. The zero-order chi connectivity index (χ0) is 20.0. The number of ether oxygens (including phenoxy) is 1. The lowest BCUT2D eigenvalue weighted by Gasteiger charge is -2.29. The van der Waals surface area contributed by atoms with E-state index in [0.29, 0.717) is 21.4 Å². The average molecular weight is 405 g/mol. The van der Waals surface area contributed by atoms with Crippen molar-refractivity contribution in [3.63, 3.8) is 0 Å². The molecule has 1 unspecified atom stereocenters. The van der Waals surface area contributed by atoms with Gasteiger partial charge in [0.2, 0.25) is 0 Å². The molecule has 0 spiro atoms. The van der Waals surface area contributed by atoms with E-state index in [-0.39, 0.29) is 11.5 Å². The van der Waals surface area contributed by atoms with Crippen LogP contribution in [0.25, 0.3) is 0 Å². The molecule has 0 aliphatic heterocycles. The van der Waals surface area contributed by atoms with E-state index in [2.05, 4.69) is 55.7 Å². The van der Waals surface area contributed by atoms with Gasteiger partial charge in [-0.15, -0.1) is 0 Å². The smallest absolute Gasteiger partial charge is 0.337 e. The molecule has 2 aromatic carbocycles. The minimum absolute atomic E-state index is 0.00569. The van der Waals surface area contributed by atoms with Gasteiger partial charge in [-0.3, -0.25) is 0 Å². The number of benzene rings is 2. The molecule has 0 aliphatic carbocycles. The van der Waals surface area contributed by atoms with E-state index in [9.17, 15) is 4.79 Å². The summed E-state index contributed by atoms with van der Waals surface area (Å²) in [5, 5.41) is 7.29. The minimum Gasteiger partial charge on any atom is -0.465 e. The second-order valence-corrected chi connectivity index (χ2v) is 7.96. The first-order chi connectivity index (χ1) is 12.7. The fraction of sp³-hybridized carbons (Fsp3) is 0.333. The van der Waals surface area contributed by atoms with E-state index >= 15 is 0 Å². The van der Waals surface area contributed by atoms with Gasteiger partial charge in [-0.25, -0.2) is 4.79 Å². The van der Waals surface area contributed by atoms with Crippen LogP contribution in [0.15, 0.2) is 48.5 Å². The predicted octanol–water partition coefficient (Wildman–Crippen LogP) is 5.17. The van der Waals surface area contributed by atoms with Crippen LogP contribution in [0.5, 0.6) is 0 Å². The molecule has 0 radical (unpaired) electrons. The molecule has 1 atom stereocenters. The maximum absolute atomic E-state index is 11.7. The summed E-state index contributed by atoms with van der Waals surface area (Å²) in [4.78, 5) is 11.7. The molecule has 0 saturated carbocycles. The van der Waals surface area contributed by atoms with Crippen molar-refractivity contribution in [2.45, 2.75) is 38.6 Å². The third kappa shape index (κ3) is 5.94. The van der Waals surface area contributed by atoms with Crippen molar-refractivity contribution in [1.29, 1.82) is 0 Å². The van der Waals surface area contributed by atoms with Crippen LogP contribution in [-0.4, -0.2) is 24.2 Å². The first-order valence-corrected chi connectivity index (χ1v) is 9.52. The van der Waals surface area contributed by atoms with E-state index in [4.69, 9.17) is 28.6 Å². The summed E-state index contributed by atoms with van der Waals surface area (Å²) in [7, 11) is 1.34. The second-order valence-electron chi connectivity index (χ2n) is 7.14. The van der Waals surface area contributed by atoms with E-state index in [1.807, 2.05) is 6.07 Å². The van der Waals surface area contributed by atoms with Crippen molar-refractivity contribution in [3.8, 4) is 0 Å². The summed E-state index contributed by atoms with van der Waals surface area (Å²) in [5.41, 5.74) is 2.26. The largest absolute Gasteiger partial charge is 0.465 e. The summed E-state index contributed by atoms with van der Waals surface area (Å²) < 4.78 is 4.74. The van der Waals surface area contributed by atoms with Crippen LogP contribution in [0.4, 0.5) is 5.69 Å². The second kappa shape index (κ2) is 9.20. The van der Waals surface area contributed by atoms with E-state index < -0.39 is 5.97 Å². The Hall–Kier alpha value is -2.11. The molecule has 2 aromatic rings. The number of nitrogens with one attached hydrogen (secondary N) is 2. The van der Waals surface area contributed by atoms with Crippen molar-refractivity contribution in [2.75, 3.05) is 12.4 Å². The average Bonchev–Trinajstić information content (AvgIpc) is 2.63. The zero-order valence-corrected chi connectivity index (χ0v) is 17.6. The Morgan fingerprint density at radius 1 is 1.22 bits per heavy atom. The third-order valence-electron chi connectivity index (χ3n) is 4.38. The number of thiocarbonyl (C=S) groups is 1. The summed E-state index contributed by atoms with van der Waals surface area (Å²) in [6, 6.07) is 15.4. The molecule has 4 nitrogen and oxygen atoms in total. The van der Waals surface area contributed by atoms with Gasteiger partial charge in [-0.2, -0.15) is 0 Å². The molecular formula is C21H25ClN2O2S. The van der Waals surface area contributed by atoms with Gasteiger partial charge in [0.25, 0.3) is 0 Å². The van der Waals surface area contributed by atoms with Gasteiger partial charge in [0, 0.05) is 6.04 Å². The van der Waals surface area contributed by atoms with Crippen molar-refractivity contribution >= 4 is 40.6 Å².